The number of nitrogens with two attached hydrogens (primary N) is 1. The molecule has 4 N–H and O–H groups in total. The van der Waals surface area contributed by atoms with E-state index in [0.29, 0.717) is 10.6 Å². The Labute approximate surface area is 105 Å². The number of likely N-dealkylation sites (N-methyl/N-ethyl adjacent to an activating group) is 1. The normalized spacial score (nSPS) is 13.7. The molecule has 98 valence electrons. The number of rotatable bonds is 5. The van der Waals surface area contributed by atoms with Crippen molar-refractivity contribution in [2.75, 3.05) is 18.9 Å². The van der Waals surface area contributed by atoms with Crippen molar-refractivity contribution in [3.63, 3.8) is 0 Å². The van der Waals surface area contributed by atoms with Crippen molar-refractivity contribution in [3.8, 4) is 0 Å². The highest BCUT2D eigenvalue weighted by Crippen LogP contribution is 2.08. The van der Waals surface area contributed by atoms with Crippen molar-refractivity contribution in [3.05, 3.63) is 30.1 Å². The summed E-state index contributed by atoms with van der Waals surface area (Å²) in [6, 6.07) is 5.16. The molecular weight excluding hydrogens is 237 g/mol. The Morgan fingerprint density at radius 1 is 1.50 bits per heavy atom. The van der Waals surface area contributed by atoms with Crippen LogP contribution in [0, 0.1) is 5.82 Å². The molecule has 1 rings (SSSR count). The molecule has 0 saturated heterocycles. The van der Waals surface area contributed by atoms with E-state index in [-0.39, 0.29) is 12.5 Å². The lowest BCUT2D eigenvalue weighted by molar-refractivity contribution is -0.885. The smallest absolute Gasteiger partial charge is 0.279 e. The number of benzene rings is 1. The van der Waals surface area contributed by atoms with Crippen molar-refractivity contribution in [2.45, 2.75) is 13.0 Å². The van der Waals surface area contributed by atoms with Gasteiger partial charge in [0.2, 0.25) is 0 Å². The fraction of sp³-hybridized carbons (Fsp3) is 0.333. The molecule has 0 aromatic heterocycles. The van der Waals surface area contributed by atoms with E-state index in [1.165, 1.54) is 18.2 Å². The maximum atomic E-state index is 12.9. The van der Waals surface area contributed by atoms with Crippen LogP contribution in [0.25, 0.3) is 0 Å². The van der Waals surface area contributed by atoms with E-state index in [4.69, 9.17) is 5.73 Å². The van der Waals surface area contributed by atoms with E-state index in [1.54, 1.807) is 20.0 Å². The molecule has 1 aromatic carbocycles. The highest BCUT2D eigenvalue weighted by atomic mass is 19.1. The molecule has 0 bridgehead atoms. The zero-order valence-corrected chi connectivity index (χ0v) is 10.4. The van der Waals surface area contributed by atoms with Gasteiger partial charge in [-0.15, -0.1) is 0 Å². The largest absolute Gasteiger partial charge is 0.365 e. The molecule has 1 aromatic rings. The molecule has 0 aliphatic rings. The quantitative estimate of drug-likeness (QED) is 0.640. The van der Waals surface area contributed by atoms with Crippen molar-refractivity contribution in [1.82, 2.24) is 0 Å². The number of halogens is 1. The van der Waals surface area contributed by atoms with Crippen LogP contribution in [0.3, 0.4) is 0 Å². The molecule has 6 heteroatoms. The molecule has 0 saturated carbocycles. The Kier molecular flexibility index (Phi) is 4.79. The summed E-state index contributed by atoms with van der Waals surface area (Å²) in [5.74, 6) is -1.18. The average molecular weight is 254 g/mol. The molecule has 5 nitrogen and oxygen atoms in total. The minimum atomic E-state index is -0.467. The number of carbonyl (C=O) groups is 2. The molecule has 0 radical (unpaired) electrons. The second-order valence-corrected chi connectivity index (χ2v) is 4.21. The molecule has 0 aliphatic carbocycles. The molecule has 0 aliphatic heterocycles. The first-order chi connectivity index (χ1) is 8.40. The average Bonchev–Trinajstić information content (AvgIpc) is 2.27. The first-order valence-electron chi connectivity index (χ1n) is 5.57. The van der Waals surface area contributed by atoms with Gasteiger partial charge in [-0.25, -0.2) is 4.39 Å². The molecule has 2 atom stereocenters. The van der Waals surface area contributed by atoms with Crippen molar-refractivity contribution >= 4 is 17.5 Å². The summed E-state index contributed by atoms with van der Waals surface area (Å²) in [7, 11) is 1.70. The van der Waals surface area contributed by atoms with Gasteiger partial charge in [0.25, 0.3) is 11.8 Å². The van der Waals surface area contributed by atoms with Crippen LogP contribution in [0.15, 0.2) is 24.3 Å². The Morgan fingerprint density at radius 3 is 2.72 bits per heavy atom. The zero-order chi connectivity index (χ0) is 13.7. The molecule has 0 heterocycles. The van der Waals surface area contributed by atoms with Gasteiger partial charge >= 0.3 is 0 Å². The summed E-state index contributed by atoms with van der Waals surface area (Å²) in [6.45, 7) is 1.73. The number of hydrogen-bond donors (Lipinski definition) is 3. The lowest BCUT2D eigenvalue weighted by Crippen LogP contribution is -3.15. The van der Waals surface area contributed by atoms with Gasteiger partial charge < -0.3 is 16.0 Å². The van der Waals surface area contributed by atoms with E-state index in [2.05, 4.69) is 5.32 Å². The van der Waals surface area contributed by atoms with Crippen molar-refractivity contribution in [2.24, 2.45) is 5.73 Å². The number of primary amides is 1. The van der Waals surface area contributed by atoms with Gasteiger partial charge in [0.05, 0.1) is 7.05 Å². The summed E-state index contributed by atoms with van der Waals surface area (Å²) in [4.78, 5) is 23.3. The highest BCUT2D eigenvalue weighted by Gasteiger charge is 2.21. The maximum Gasteiger partial charge on any atom is 0.279 e. The van der Waals surface area contributed by atoms with E-state index < -0.39 is 17.8 Å². The second-order valence-electron chi connectivity index (χ2n) is 4.21. The lowest BCUT2D eigenvalue weighted by Gasteiger charge is -2.18. The monoisotopic (exact) mass is 254 g/mol. The maximum absolute atomic E-state index is 12.9. The summed E-state index contributed by atoms with van der Waals surface area (Å²) < 4.78 is 12.9. The van der Waals surface area contributed by atoms with Gasteiger partial charge in [0.15, 0.2) is 12.6 Å². The number of carbonyl (C=O) groups excluding carboxylic acids is 2. The molecule has 0 spiro atoms. The number of hydrogen-bond acceptors (Lipinski definition) is 2. The van der Waals surface area contributed by atoms with Gasteiger partial charge in [-0.2, -0.15) is 0 Å². The fourth-order valence-electron chi connectivity index (χ4n) is 1.42. The first kappa shape index (κ1) is 14.1. The van der Waals surface area contributed by atoms with E-state index in [1.807, 2.05) is 0 Å². The van der Waals surface area contributed by atoms with Gasteiger partial charge in [-0.3, -0.25) is 9.59 Å². The predicted octanol–water partition coefficient (Wildman–Crippen LogP) is -0.847. The summed E-state index contributed by atoms with van der Waals surface area (Å²) >= 11 is 0. The van der Waals surface area contributed by atoms with Gasteiger partial charge in [0.1, 0.15) is 5.82 Å². The predicted molar refractivity (Wildman–Crippen MR) is 65.4 cm³/mol. The van der Waals surface area contributed by atoms with Crippen LogP contribution in [-0.4, -0.2) is 31.4 Å². The Morgan fingerprint density at radius 2 is 2.17 bits per heavy atom. The van der Waals surface area contributed by atoms with E-state index in [9.17, 15) is 14.0 Å². The summed E-state index contributed by atoms with van der Waals surface area (Å²) in [5.41, 5.74) is 5.53. The molecule has 0 fully saturated rings. The van der Waals surface area contributed by atoms with Crippen LogP contribution in [-0.2, 0) is 9.59 Å². The number of nitrogens with one attached hydrogen (secondary N) is 2. The lowest BCUT2D eigenvalue weighted by atomic mass is 10.2. The van der Waals surface area contributed by atoms with E-state index in [0.717, 1.165) is 0 Å². The SMILES string of the molecule is C[C@H](C(N)=O)[NH+](C)CC(=O)Nc1cccc(F)c1. The fourth-order valence-corrected chi connectivity index (χ4v) is 1.42. The van der Waals surface area contributed by atoms with Crippen LogP contribution in [0.1, 0.15) is 6.92 Å². The Bertz CT molecular complexity index is 451. The standard InChI is InChI=1S/C12H16FN3O2/c1-8(12(14)18)16(2)7-11(17)15-10-5-3-4-9(13)6-10/h3-6,8H,7H2,1-2H3,(H2,14,18)(H,15,17)/p+1/t8-/m1/s1. The third-order valence-corrected chi connectivity index (χ3v) is 2.71. The molecule has 2 amide bonds. The van der Waals surface area contributed by atoms with Gasteiger partial charge in [-0.1, -0.05) is 6.07 Å². The number of anilines is 1. The van der Waals surface area contributed by atoms with Crippen LogP contribution >= 0.6 is 0 Å². The third-order valence-electron chi connectivity index (χ3n) is 2.71. The highest BCUT2D eigenvalue weighted by molar-refractivity contribution is 5.91. The third kappa shape index (κ3) is 4.14. The Hall–Kier alpha value is -1.95. The number of quaternary nitrogens is 1. The van der Waals surface area contributed by atoms with Gasteiger partial charge in [-0.05, 0) is 25.1 Å². The van der Waals surface area contributed by atoms with Crippen molar-refractivity contribution < 1.29 is 18.9 Å². The minimum absolute atomic E-state index is 0.0839. The minimum Gasteiger partial charge on any atom is -0.365 e. The van der Waals surface area contributed by atoms with Crippen LogP contribution < -0.4 is 16.0 Å². The molecule has 18 heavy (non-hydrogen) atoms. The first-order valence-corrected chi connectivity index (χ1v) is 5.57. The van der Waals surface area contributed by atoms with Crippen LogP contribution in [0.2, 0.25) is 0 Å². The Balaban J connectivity index is 2.54. The van der Waals surface area contributed by atoms with Crippen molar-refractivity contribution in [1.29, 1.82) is 0 Å². The molecule has 1 unspecified atom stereocenters. The zero-order valence-electron chi connectivity index (χ0n) is 10.4. The molecular formula is C12H17FN3O2+. The van der Waals surface area contributed by atoms with Crippen LogP contribution in [0.4, 0.5) is 10.1 Å². The summed E-state index contributed by atoms with van der Waals surface area (Å²) in [6.07, 6.45) is 0. The number of amides is 2. The van der Waals surface area contributed by atoms with Gasteiger partial charge in [0, 0.05) is 5.69 Å². The van der Waals surface area contributed by atoms with Crippen LogP contribution in [0.5, 0.6) is 0 Å². The second kappa shape index (κ2) is 6.11. The van der Waals surface area contributed by atoms with E-state index >= 15 is 0 Å². The summed E-state index contributed by atoms with van der Waals surface area (Å²) in [5, 5.41) is 2.56. The topological polar surface area (TPSA) is 76.6 Å².